The third kappa shape index (κ3) is 2.95. The van der Waals surface area contributed by atoms with E-state index in [4.69, 9.17) is 4.74 Å². The Bertz CT molecular complexity index is 510. The lowest BCUT2D eigenvalue weighted by atomic mass is 9.89. The molecule has 0 fully saturated rings. The summed E-state index contributed by atoms with van der Waals surface area (Å²) in [7, 11) is 1.59. The maximum atomic E-state index is 10.4. The Morgan fingerprint density at radius 1 is 1.00 bits per heavy atom. The number of hydrogen-bond acceptors (Lipinski definition) is 3. The van der Waals surface area contributed by atoms with Gasteiger partial charge in [0, 0.05) is 11.5 Å². The molecule has 0 aliphatic rings. The van der Waals surface area contributed by atoms with Crippen molar-refractivity contribution in [3.05, 3.63) is 65.7 Å². The summed E-state index contributed by atoms with van der Waals surface area (Å²) in [5.74, 6) is 0.273. The number of para-hydroxylation sites is 1. The summed E-state index contributed by atoms with van der Waals surface area (Å²) in [4.78, 5) is 0. The molecule has 3 heteroatoms. The molecule has 0 aromatic heterocycles. The second kappa shape index (κ2) is 6.36. The molecular formula is C16H18O3. The first-order chi connectivity index (χ1) is 9.27. The van der Waals surface area contributed by atoms with Crippen LogP contribution in [0.15, 0.2) is 54.6 Å². The van der Waals surface area contributed by atoms with Crippen molar-refractivity contribution < 1.29 is 14.9 Å². The highest BCUT2D eigenvalue weighted by atomic mass is 16.5. The van der Waals surface area contributed by atoms with Crippen LogP contribution in [0.25, 0.3) is 0 Å². The summed E-state index contributed by atoms with van der Waals surface area (Å²) < 4.78 is 5.29. The fourth-order valence-electron chi connectivity index (χ4n) is 2.22. The van der Waals surface area contributed by atoms with E-state index in [9.17, 15) is 10.2 Å². The predicted molar refractivity (Wildman–Crippen MR) is 74.2 cm³/mol. The first-order valence-electron chi connectivity index (χ1n) is 6.24. The fraction of sp³-hybridized carbons (Fsp3) is 0.250. The first kappa shape index (κ1) is 13.6. The van der Waals surface area contributed by atoms with Crippen LogP contribution in [0.3, 0.4) is 0 Å². The average Bonchev–Trinajstić information content (AvgIpc) is 2.49. The van der Waals surface area contributed by atoms with Gasteiger partial charge in [0.15, 0.2) is 0 Å². The van der Waals surface area contributed by atoms with E-state index in [-0.39, 0.29) is 6.61 Å². The zero-order chi connectivity index (χ0) is 13.7. The van der Waals surface area contributed by atoms with Crippen molar-refractivity contribution in [1.82, 2.24) is 0 Å². The molecule has 0 spiro atoms. The van der Waals surface area contributed by atoms with Crippen molar-refractivity contribution >= 4 is 0 Å². The minimum atomic E-state index is -0.762. The number of ether oxygens (including phenoxy) is 1. The molecule has 2 rings (SSSR count). The third-order valence-corrected chi connectivity index (χ3v) is 3.26. The van der Waals surface area contributed by atoms with Crippen LogP contribution >= 0.6 is 0 Å². The van der Waals surface area contributed by atoms with E-state index in [0.29, 0.717) is 5.75 Å². The average molecular weight is 258 g/mol. The van der Waals surface area contributed by atoms with Gasteiger partial charge in [0.05, 0.1) is 19.8 Å². The van der Waals surface area contributed by atoms with E-state index >= 15 is 0 Å². The van der Waals surface area contributed by atoms with Gasteiger partial charge in [-0.2, -0.15) is 0 Å². The minimum Gasteiger partial charge on any atom is -0.496 e. The van der Waals surface area contributed by atoms with Crippen LogP contribution in [0.4, 0.5) is 0 Å². The van der Waals surface area contributed by atoms with Gasteiger partial charge in [-0.25, -0.2) is 0 Å². The van der Waals surface area contributed by atoms with Gasteiger partial charge in [-0.3, -0.25) is 0 Å². The number of hydrogen-bond donors (Lipinski definition) is 2. The van der Waals surface area contributed by atoms with Crippen LogP contribution in [0, 0.1) is 0 Å². The molecule has 2 N–H and O–H groups in total. The van der Waals surface area contributed by atoms with E-state index in [1.165, 1.54) is 0 Å². The highest BCUT2D eigenvalue weighted by Crippen LogP contribution is 2.35. The highest BCUT2D eigenvalue weighted by Gasteiger charge is 2.24. The van der Waals surface area contributed by atoms with E-state index in [2.05, 4.69) is 0 Å². The lowest BCUT2D eigenvalue weighted by Crippen LogP contribution is -2.15. The summed E-state index contributed by atoms with van der Waals surface area (Å²) in [6.45, 7) is -0.142. The Morgan fingerprint density at radius 3 is 2.26 bits per heavy atom. The molecule has 0 saturated carbocycles. The van der Waals surface area contributed by atoms with Crippen LogP contribution in [0.5, 0.6) is 5.75 Å². The third-order valence-electron chi connectivity index (χ3n) is 3.26. The smallest absolute Gasteiger partial charge is 0.122 e. The molecule has 0 heterocycles. The van der Waals surface area contributed by atoms with Gasteiger partial charge in [-0.1, -0.05) is 48.5 Å². The number of methoxy groups -OCH3 is 1. The van der Waals surface area contributed by atoms with Gasteiger partial charge >= 0.3 is 0 Å². The van der Waals surface area contributed by atoms with E-state index in [0.717, 1.165) is 11.1 Å². The summed E-state index contributed by atoms with van der Waals surface area (Å²) >= 11 is 0. The zero-order valence-electron chi connectivity index (χ0n) is 10.9. The molecule has 0 aliphatic carbocycles. The number of benzene rings is 2. The molecule has 0 amide bonds. The molecule has 2 aromatic carbocycles. The van der Waals surface area contributed by atoms with Crippen molar-refractivity contribution in [2.75, 3.05) is 13.7 Å². The Hall–Kier alpha value is -1.84. The number of rotatable bonds is 5. The van der Waals surface area contributed by atoms with Crippen molar-refractivity contribution in [3.8, 4) is 5.75 Å². The fourth-order valence-corrected chi connectivity index (χ4v) is 2.22. The Morgan fingerprint density at radius 2 is 1.63 bits per heavy atom. The molecule has 2 atom stereocenters. The molecule has 0 aliphatic heterocycles. The second-order valence-corrected chi connectivity index (χ2v) is 4.39. The van der Waals surface area contributed by atoms with Crippen molar-refractivity contribution in [3.63, 3.8) is 0 Å². The standard InChI is InChI=1S/C16H18O3/c1-19-15-10-6-5-9-13(15)14(11-17)16(18)12-7-3-2-4-8-12/h2-10,14,16-18H,11H2,1H3. The summed E-state index contributed by atoms with van der Waals surface area (Å²) in [5, 5.41) is 20.1. The van der Waals surface area contributed by atoms with Crippen LogP contribution in [-0.4, -0.2) is 23.9 Å². The van der Waals surface area contributed by atoms with Gasteiger partial charge in [0.25, 0.3) is 0 Å². The molecule has 0 saturated heterocycles. The number of aliphatic hydroxyl groups is 2. The van der Waals surface area contributed by atoms with E-state index in [1.54, 1.807) is 7.11 Å². The zero-order valence-corrected chi connectivity index (χ0v) is 10.9. The molecular weight excluding hydrogens is 240 g/mol. The van der Waals surface area contributed by atoms with Gasteiger partial charge < -0.3 is 14.9 Å². The van der Waals surface area contributed by atoms with Gasteiger partial charge in [0.1, 0.15) is 5.75 Å². The SMILES string of the molecule is COc1ccccc1C(CO)C(O)c1ccccc1. The Balaban J connectivity index is 2.34. The largest absolute Gasteiger partial charge is 0.496 e. The van der Waals surface area contributed by atoms with Crippen molar-refractivity contribution in [2.45, 2.75) is 12.0 Å². The van der Waals surface area contributed by atoms with Gasteiger partial charge in [-0.05, 0) is 11.6 Å². The second-order valence-electron chi connectivity index (χ2n) is 4.39. The van der Waals surface area contributed by atoms with Crippen LogP contribution in [0.1, 0.15) is 23.1 Å². The Kier molecular flexibility index (Phi) is 4.55. The van der Waals surface area contributed by atoms with E-state index < -0.39 is 12.0 Å². The monoisotopic (exact) mass is 258 g/mol. The maximum Gasteiger partial charge on any atom is 0.122 e. The van der Waals surface area contributed by atoms with Crippen LogP contribution in [0.2, 0.25) is 0 Å². The molecule has 19 heavy (non-hydrogen) atoms. The minimum absolute atomic E-state index is 0.142. The summed E-state index contributed by atoms with van der Waals surface area (Å²) in [6, 6.07) is 16.8. The normalized spacial score (nSPS) is 13.8. The van der Waals surface area contributed by atoms with Gasteiger partial charge in [0.2, 0.25) is 0 Å². The molecule has 3 nitrogen and oxygen atoms in total. The number of aliphatic hydroxyl groups excluding tert-OH is 2. The first-order valence-corrected chi connectivity index (χ1v) is 6.24. The lowest BCUT2D eigenvalue weighted by molar-refractivity contribution is 0.105. The summed E-state index contributed by atoms with van der Waals surface area (Å²) in [6.07, 6.45) is -0.762. The molecule has 100 valence electrons. The topological polar surface area (TPSA) is 49.7 Å². The molecule has 2 aromatic rings. The lowest BCUT2D eigenvalue weighted by Gasteiger charge is -2.23. The quantitative estimate of drug-likeness (QED) is 0.866. The van der Waals surface area contributed by atoms with Crippen molar-refractivity contribution in [1.29, 1.82) is 0 Å². The Labute approximate surface area is 113 Å². The maximum absolute atomic E-state index is 10.4. The van der Waals surface area contributed by atoms with E-state index in [1.807, 2.05) is 54.6 Å². The summed E-state index contributed by atoms with van der Waals surface area (Å²) in [5.41, 5.74) is 1.59. The van der Waals surface area contributed by atoms with Crippen LogP contribution < -0.4 is 4.74 Å². The molecule has 0 bridgehead atoms. The molecule has 2 unspecified atom stereocenters. The highest BCUT2D eigenvalue weighted by molar-refractivity contribution is 5.38. The van der Waals surface area contributed by atoms with Crippen molar-refractivity contribution in [2.24, 2.45) is 0 Å². The predicted octanol–water partition coefficient (Wildman–Crippen LogP) is 2.50. The van der Waals surface area contributed by atoms with Gasteiger partial charge in [-0.15, -0.1) is 0 Å². The molecule has 0 radical (unpaired) electrons. The van der Waals surface area contributed by atoms with Crippen LogP contribution in [-0.2, 0) is 0 Å².